The number of carbonyl (C=O) groups excluding carboxylic acids is 3. The van der Waals surface area contributed by atoms with Gasteiger partial charge < -0.3 is 19.5 Å². The topological polar surface area (TPSA) is 103 Å². The van der Waals surface area contributed by atoms with Gasteiger partial charge in [0.2, 0.25) is 6.08 Å². The highest BCUT2D eigenvalue weighted by Gasteiger charge is 2.15. The first-order valence-electron chi connectivity index (χ1n) is 6.09. The van der Waals surface area contributed by atoms with E-state index in [0.29, 0.717) is 0 Å². The van der Waals surface area contributed by atoms with Crippen molar-refractivity contribution in [3.05, 3.63) is 0 Å². The van der Waals surface area contributed by atoms with Crippen molar-refractivity contribution in [3.8, 4) is 0 Å². The van der Waals surface area contributed by atoms with E-state index in [4.69, 9.17) is 14.2 Å². The number of isocyanates is 1. The van der Waals surface area contributed by atoms with Gasteiger partial charge in [-0.3, -0.25) is 4.79 Å². The molecule has 0 radical (unpaired) electrons. The van der Waals surface area contributed by atoms with E-state index < -0.39 is 11.7 Å². The summed E-state index contributed by atoms with van der Waals surface area (Å²) in [6, 6.07) is 0. The molecule has 8 heteroatoms. The lowest BCUT2D eigenvalue weighted by atomic mass is 10.2. The number of rotatable bonds is 8. The van der Waals surface area contributed by atoms with Gasteiger partial charge in [-0.25, -0.2) is 9.59 Å². The van der Waals surface area contributed by atoms with Crippen molar-refractivity contribution >= 4 is 18.1 Å². The number of nitrogens with zero attached hydrogens (tertiary/aromatic N) is 1. The minimum absolute atomic E-state index is 0.0327. The molecule has 0 heterocycles. The average Bonchev–Trinajstić information content (AvgIpc) is 2.31. The summed E-state index contributed by atoms with van der Waals surface area (Å²) >= 11 is 0. The molecule has 1 N–H and O–H groups in total. The van der Waals surface area contributed by atoms with E-state index in [2.05, 4.69) is 10.3 Å². The lowest BCUT2D eigenvalue weighted by molar-refractivity contribution is -0.156. The van der Waals surface area contributed by atoms with Gasteiger partial charge in [-0.15, -0.1) is 0 Å². The minimum Gasteiger partial charge on any atom is -0.460 e. The fraction of sp³-hybridized carbons (Fsp3) is 0.750. The van der Waals surface area contributed by atoms with Crippen molar-refractivity contribution in [3.63, 3.8) is 0 Å². The highest BCUT2D eigenvalue weighted by atomic mass is 16.6. The van der Waals surface area contributed by atoms with Crippen molar-refractivity contribution in [2.75, 3.05) is 26.5 Å². The lowest BCUT2D eigenvalue weighted by Crippen LogP contribution is -2.26. The molecule has 0 spiro atoms. The first-order chi connectivity index (χ1) is 9.35. The summed E-state index contributed by atoms with van der Waals surface area (Å²) < 4.78 is 14.9. The summed E-state index contributed by atoms with van der Waals surface area (Å²) in [4.78, 5) is 35.1. The molecule has 1 amide bonds. The average molecular weight is 288 g/mol. The number of alkyl carbamates (subject to hydrolysis) is 1. The van der Waals surface area contributed by atoms with Gasteiger partial charge in [-0.2, -0.15) is 4.99 Å². The van der Waals surface area contributed by atoms with E-state index in [0.717, 1.165) is 0 Å². The van der Waals surface area contributed by atoms with Crippen LogP contribution in [0.2, 0.25) is 0 Å². The van der Waals surface area contributed by atoms with Crippen LogP contribution in [0.25, 0.3) is 0 Å². The van der Waals surface area contributed by atoms with Gasteiger partial charge in [0.1, 0.15) is 18.9 Å². The fourth-order valence-electron chi connectivity index (χ4n) is 1.03. The van der Waals surface area contributed by atoms with Gasteiger partial charge in [0.05, 0.1) is 19.6 Å². The van der Waals surface area contributed by atoms with Crippen LogP contribution in [0.15, 0.2) is 4.99 Å². The van der Waals surface area contributed by atoms with Crippen LogP contribution in [0, 0.1) is 0 Å². The van der Waals surface area contributed by atoms with E-state index >= 15 is 0 Å². The third kappa shape index (κ3) is 12.5. The van der Waals surface area contributed by atoms with Crippen LogP contribution in [0.5, 0.6) is 0 Å². The highest BCUT2D eigenvalue weighted by Crippen LogP contribution is 2.07. The zero-order valence-electron chi connectivity index (χ0n) is 11.9. The third-order valence-electron chi connectivity index (χ3n) is 1.70. The normalized spacial score (nSPS) is 10.3. The van der Waals surface area contributed by atoms with Crippen LogP contribution in [-0.4, -0.2) is 50.2 Å². The van der Waals surface area contributed by atoms with Gasteiger partial charge in [0.15, 0.2) is 0 Å². The maximum atomic E-state index is 11.3. The van der Waals surface area contributed by atoms with Crippen molar-refractivity contribution < 1.29 is 28.6 Å². The van der Waals surface area contributed by atoms with Gasteiger partial charge in [-0.1, -0.05) is 0 Å². The van der Waals surface area contributed by atoms with Crippen LogP contribution in [0.1, 0.15) is 27.2 Å². The summed E-state index contributed by atoms with van der Waals surface area (Å²) in [5.41, 5.74) is -0.512. The van der Waals surface area contributed by atoms with Crippen LogP contribution < -0.4 is 5.32 Å². The number of esters is 1. The number of ether oxygens (including phenoxy) is 3. The number of hydrogen-bond acceptors (Lipinski definition) is 7. The SMILES string of the molecule is CC(C)(C)OC(=O)CCOCCOC(=O)NCN=C=O. The first-order valence-corrected chi connectivity index (χ1v) is 6.09. The largest absolute Gasteiger partial charge is 0.460 e. The first kappa shape index (κ1) is 18.1. The molecule has 0 aliphatic carbocycles. The molecule has 0 aromatic carbocycles. The Morgan fingerprint density at radius 2 is 1.90 bits per heavy atom. The lowest BCUT2D eigenvalue weighted by Gasteiger charge is -2.19. The molecule has 0 aliphatic rings. The summed E-state index contributed by atoms with van der Waals surface area (Å²) in [6.07, 6.45) is 0.698. The summed E-state index contributed by atoms with van der Waals surface area (Å²) in [7, 11) is 0. The molecule has 0 saturated heterocycles. The predicted octanol–water partition coefficient (Wildman–Crippen LogP) is 0.754. The minimum atomic E-state index is -0.709. The molecule has 0 unspecified atom stereocenters. The molecule has 0 fully saturated rings. The highest BCUT2D eigenvalue weighted by molar-refractivity contribution is 5.69. The molecule has 20 heavy (non-hydrogen) atoms. The third-order valence-corrected chi connectivity index (χ3v) is 1.70. The Labute approximate surface area is 117 Å². The number of nitrogens with one attached hydrogen (secondary N) is 1. The maximum Gasteiger partial charge on any atom is 0.408 e. The van der Waals surface area contributed by atoms with Crippen LogP contribution in [-0.2, 0) is 23.8 Å². The molecule has 0 aliphatic heterocycles. The molecule has 8 nitrogen and oxygen atoms in total. The van der Waals surface area contributed by atoms with Gasteiger partial charge in [0, 0.05) is 0 Å². The van der Waals surface area contributed by atoms with Crippen LogP contribution in [0.4, 0.5) is 4.79 Å². The van der Waals surface area contributed by atoms with Gasteiger partial charge in [-0.05, 0) is 20.8 Å². The molecule has 114 valence electrons. The molecule has 0 aromatic heterocycles. The summed E-state index contributed by atoms with van der Waals surface area (Å²) in [6.45, 7) is 5.56. The van der Waals surface area contributed by atoms with Crippen molar-refractivity contribution in [2.45, 2.75) is 32.8 Å². The monoisotopic (exact) mass is 288 g/mol. The second kappa shape index (κ2) is 9.94. The van der Waals surface area contributed by atoms with E-state index in [1.165, 1.54) is 6.08 Å². The molecular weight excluding hydrogens is 268 g/mol. The van der Waals surface area contributed by atoms with Crippen molar-refractivity contribution in [1.29, 1.82) is 0 Å². The Balaban J connectivity index is 3.47. The second-order valence-corrected chi connectivity index (χ2v) is 4.67. The summed E-state index contributed by atoms with van der Waals surface area (Å²) in [5, 5.41) is 2.20. The van der Waals surface area contributed by atoms with Crippen molar-refractivity contribution in [1.82, 2.24) is 5.32 Å². The predicted molar refractivity (Wildman–Crippen MR) is 68.8 cm³/mol. The quantitative estimate of drug-likeness (QED) is 0.306. The van der Waals surface area contributed by atoms with E-state index in [9.17, 15) is 14.4 Å². The fourth-order valence-corrected chi connectivity index (χ4v) is 1.03. The Morgan fingerprint density at radius 3 is 2.50 bits per heavy atom. The molecule has 0 saturated carbocycles. The van der Waals surface area contributed by atoms with Gasteiger partial charge >= 0.3 is 12.1 Å². The Bertz CT molecular complexity index is 357. The smallest absolute Gasteiger partial charge is 0.408 e. The standard InChI is InChI=1S/C12H20N2O6/c1-12(2,3)20-10(16)4-5-18-6-7-19-11(17)14-8-13-9-15/h4-8H2,1-3H3,(H,14,17). The number of amides is 1. The zero-order chi connectivity index (χ0) is 15.4. The molecule has 0 bridgehead atoms. The Morgan fingerprint density at radius 1 is 1.20 bits per heavy atom. The Hall–Kier alpha value is -1.92. The Kier molecular flexibility index (Phi) is 8.98. The van der Waals surface area contributed by atoms with Crippen LogP contribution >= 0.6 is 0 Å². The molecule has 0 rings (SSSR count). The zero-order valence-corrected chi connectivity index (χ0v) is 11.9. The number of carbonyl (C=O) groups is 2. The van der Waals surface area contributed by atoms with Crippen LogP contribution in [0.3, 0.4) is 0 Å². The molecular formula is C12H20N2O6. The van der Waals surface area contributed by atoms with Gasteiger partial charge in [0.25, 0.3) is 0 Å². The maximum absolute atomic E-state index is 11.3. The summed E-state index contributed by atoms with van der Waals surface area (Å²) in [5.74, 6) is -0.345. The molecule has 0 aromatic rings. The molecule has 0 atom stereocenters. The van der Waals surface area contributed by atoms with E-state index in [-0.39, 0.29) is 38.9 Å². The van der Waals surface area contributed by atoms with Crippen molar-refractivity contribution in [2.24, 2.45) is 4.99 Å². The van der Waals surface area contributed by atoms with E-state index in [1.807, 2.05) is 0 Å². The second-order valence-electron chi connectivity index (χ2n) is 4.67. The number of hydrogen-bond donors (Lipinski definition) is 1. The number of aliphatic imine (C=N–C) groups is 1. The van der Waals surface area contributed by atoms with E-state index in [1.54, 1.807) is 20.8 Å².